The van der Waals surface area contributed by atoms with Crippen LogP contribution in [0.3, 0.4) is 0 Å². The van der Waals surface area contributed by atoms with Crippen molar-refractivity contribution in [2.75, 3.05) is 24.4 Å². The Hall–Kier alpha value is -2.28. The van der Waals surface area contributed by atoms with Gasteiger partial charge in [-0.15, -0.1) is 11.8 Å². The maximum atomic E-state index is 12.8. The molecule has 1 fully saturated rings. The van der Waals surface area contributed by atoms with Gasteiger partial charge in [-0.05, 0) is 36.4 Å². The van der Waals surface area contributed by atoms with Crippen LogP contribution < -0.4 is 25.4 Å². The lowest BCUT2D eigenvalue weighted by Crippen LogP contribution is -2.59. The molecule has 2 aromatic rings. The summed E-state index contributed by atoms with van der Waals surface area (Å²) in [6, 6.07) is 11.2. The van der Waals surface area contributed by atoms with Crippen LogP contribution in [0.2, 0.25) is 0 Å². The van der Waals surface area contributed by atoms with Gasteiger partial charge in [0.1, 0.15) is 5.50 Å². The van der Waals surface area contributed by atoms with Gasteiger partial charge in [0.25, 0.3) is 0 Å². The van der Waals surface area contributed by atoms with Crippen LogP contribution in [0.5, 0.6) is 11.5 Å². The lowest BCUT2D eigenvalue weighted by molar-refractivity contribution is -0.122. The summed E-state index contributed by atoms with van der Waals surface area (Å²) in [5.41, 5.74) is -0.0116. The van der Waals surface area contributed by atoms with Crippen molar-refractivity contribution in [3.63, 3.8) is 0 Å². The van der Waals surface area contributed by atoms with Crippen LogP contribution in [0.25, 0.3) is 0 Å². The highest BCUT2D eigenvalue weighted by Crippen LogP contribution is 2.34. The van der Waals surface area contributed by atoms with E-state index in [1.807, 2.05) is 0 Å². The molecule has 2 unspecified atom stereocenters. The summed E-state index contributed by atoms with van der Waals surface area (Å²) in [6.07, 6.45) is 0. The zero-order valence-electron chi connectivity index (χ0n) is 16.0. The number of ether oxygens (including phenoxy) is 2. The van der Waals surface area contributed by atoms with Gasteiger partial charge in [-0.2, -0.15) is 0 Å². The predicted octanol–water partition coefficient (Wildman–Crippen LogP) is 1.69. The SMILES string of the molecule is O=C(CSC1NCC(S(=O)(=O)c2ccc(Br)cc2)C(=O)N1)Nc1ccc2c(c1)OCO2. The van der Waals surface area contributed by atoms with E-state index in [4.69, 9.17) is 9.47 Å². The molecular weight excluding hydrogens is 510 g/mol. The van der Waals surface area contributed by atoms with Crippen LogP contribution in [0, 0.1) is 0 Å². The maximum absolute atomic E-state index is 12.8. The number of hydrogen-bond donors (Lipinski definition) is 3. The van der Waals surface area contributed by atoms with Gasteiger partial charge in [-0.25, -0.2) is 8.42 Å². The third kappa shape index (κ3) is 4.97. The van der Waals surface area contributed by atoms with Gasteiger partial charge in [0, 0.05) is 22.8 Å². The van der Waals surface area contributed by atoms with E-state index in [9.17, 15) is 18.0 Å². The quantitative estimate of drug-likeness (QED) is 0.518. The number of halogens is 1. The number of sulfone groups is 1. The molecule has 2 aromatic carbocycles. The van der Waals surface area contributed by atoms with Crippen molar-refractivity contribution in [1.29, 1.82) is 0 Å². The second-order valence-electron chi connectivity index (χ2n) is 6.71. The first-order valence-electron chi connectivity index (χ1n) is 9.17. The Bertz CT molecular complexity index is 1110. The average Bonchev–Trinajstić information content (AvgIpc) is 3.20. The molecule has 0 aromatic heterocycles. The summed E-state index contributed by atoms with van der Waals surface area (Å²) >= 11 is 4.41. The molecule has 2 aliphatic rings. The van der Waals surface area contributed by atoms with Crippen LogP contribution in [0.4, 0.5) is 5.69 Å². The molecule has 1 saturated heterocycles. The maximum Gasteiger partial charge on any atom is 0.241 e. The highest BCUT2D eigenvalue weighted by molar-refractivity contribution is 9.10. The van der Waals surface area contributed by atoms with Crippen molar-refractivity contribution in [3.05, 3.63) is 46.9 Å². The zero-order chi connectivity index (χ0) is 22.0. The smallest absolute Gasteiger partial charge is 0.241 e. The molecular formula is C19H18BrN3O6S2. The highest BCUT2D eigenvalue weighted by Gasteiger charge is 2.38. The first-order valence-corrected chi connectivity index (χ1v) is 12.6. The lowest BCUT2D eigenvalue weighted by atomic mass is 10.3. The molecule has 0 radical (unpaired) electrons. The molecule has 0 bridgehead atoms. The van der Waals surface area contributed by atoms with Crippen LogP contribution in [-0.4, -0.2) is 50.1 Å². The Kier molecular flexibility index (Phi) is 6.42. The van der Waals surface area contributed by atoms with Crippen LogP contribution in [0.1, 0.15) is 0 Å². The highest BCUT2D eigenvalue weighted by atomic mass is 79.9. The number of hydrogen-bond acceptors (Lipinski definition) is 8. The van der Waals surface area contributed by atoms with Crippen molar-refractivity contribution in [2.24, 2.45) is 0 Å². The molecule has 0 aliphatic carbocycles. The first kappa shape index (κ1) is 21.9. The van der Waals surface area contributed by atoms with Crippen molar-refractivity contribution in [3.8, 4) is 11.5 Å². The summed E-state index contributed by atoms with van der Waals surface area (Å²) < 4.78 is 36.8. The van der Waals surface area contributed by atoms with Gasteiger partial charge >= 0.3 is 0 Å². The van der Waals surface area contributed by atoms with E-state index in [2.05, 4.69) is 31.9 Å². The number of nitrogens with one attached hydrogen (secondary N) is 3. The van der Waals surface area contributed by atoms with Gasteiger partial charge in [-0.3, -0.25) is 14.9 Å². The minimum absolute atomic E-state index is 0.0499. The number of amides is 2. The molecule has 4 rings (SSSR count). The van der Waals surface area contributed by atoms with E-state index < -0.39 is 26.5 Å². The molecule has 164 valence electrons. The third-order valence-corrected chi connectivity index (χ3v) is 8.24. The molecule has 2 atom stereocenters. The number of carbonyl (C=O) groups is 2. The fraction of sp³-hybridized carbons (Fsp3) is 0.263. The van der Waals surface area contributed by atoms with Crippen molar-refractivity contribution >= 4 is 55.0 Å². The van der Waals surface area contributed by atoms with Gasteiger partial charge in [0.15, 0.2) is 26.6 Å². The van der Waals surface area contributed by atoms with E-state index in [1.54, 1.807) is 30.3 Å². The molecule has 9 nitrogen and oxygen atoms in total. The third-order valence-electron chi connectivity index (χ3n) is 4.61. The Balaban J connectivity index is 1.29. The number of anilines is 1. The summed E-state index contributed by atoms with van der Waals surface area (Å²) in [5.74, 6) is 0.356. The van der Waals surface area contributed by atoms with E-state index in [0.29, 0.717) is 17.2 Å². The van der Waals surface area contributed by atoms with Crippen LogP contribution in [0.15, 0.2) is 51.8 Å². The predicted molar refractivity (Wildman–Crippen MR) is 119 cm³/mol. The second-order valence-corrected chi connectivity index (χ2v) is 10.9. The molecule has 0 saturated carbocycles. The minimum Gasteiger partial charge on any atom is -0.454 e. The second kappa shape index (κ2) is 9.07. The number of benzene rings is 2. The summed E-state index contributed by atoms with van der Waals surface area (Å²) in [4.78, 5) is 24.8. The minimum atomic E-state index is -3.83. The molecule has 2 amide bonds. The first-order chi connectivity index (χ1) is 14.8. The van der Waals surface area contributed by atoms with E-state index in [1.165, 1.54) is 12.1 Å². The van der Waals surface area contributed by atoms with Crippen molar-refractivity contribution < 1.29 is 27.5 Å². The van der Waals surface area contributed by atoms with Crippen molar-refractivity contribution in [2.45, 2.75) is 15.6 Å². The Labute approximate surface area is 191 Å². The fourth-order valence-corrected chi connectivity index (χ4v) is 5.63. The monoisotopic (exact) mass is 527 g/mol. The van der Waals surface area contributed by atoms with Gasteiger partial charge in [0.05, 0.1) is 10.6 Å². The van der Waals surface area contributed by atoms with E-state index in [0.717, 1.165) is 16.2 Å². The largest absolute Gasteiger partial charge is 0.454 e. The molecule has 31 heavy (non-hydrogen) atoms. The van der Waals surface area contributed by atoms with Crippen LogP contribution in [-0.2, 0) is 19.4 Å². The Morgan fingerprint density at radius 3 is 2.65 bits per heavy atom. The summed E-state index contributed by atoms with van der Waals surface area (Å²) in [6.45, 7) is 0.0971. The fourth-order valence-electron chi connectivity index (χ4n) is 3.05. The van der Waals surface area contributed by atoms with Gasteiger partial charge < -0.3 is 20.1 Å². The number of fused-ring (bicyclic) bond motifs is 1. The standard InChI is InChI=1S/C19H18BrN3O6S2/c20-11-1-4-13(5-2-11)31(26,27)16-8-21-19(23-18(16)25)30-9-17(24)22-12-3-6-14-15(7-12)29-10-28-14/h1-7,16,19,21H,8-10H2,(H,22,24)(H,23,25). The molecule has 2 heterocycles. The zero-order valence-corrected chi connectivity index (χ0v) is 19.2. The molecule has 12 heteroatoms. The molecule has 3 N–H and O–H groups in total. The number of thioether (sulfide) groups is 1. The topological polar surface area (TPSA) is 123 Å². The number of rotatable bonds is 6. The van der Waals surface area contributed by atoms with Gasteiger partial charge in [-0.1, -0.05) is 15.9 Å². The Morgan fingerprint density at radius 1 is 1.16 bits per heavy atom. The summed E-state index contributed by atoms with van der Waals surface area (Å²) in [5, 5.41) is 7.08. The van der Waals surface area contributed by atoms with Crippen molar-refractivity contribution in [1.82, 2.24) is 10.6 Å². The van der Waals surface area contributed by atoms with E-state index >= 15 is 0 Å². The number of carbonyl (C=O) groups excluding carboxylic acids is 2. The van der Waals surface area contributed by atoms with Gasteiger partial charge in [0.2, 0.25) is 18.6 Å². The molecule has 2 aliphatic heterocycles. The van der Waals surface area contributed by atoms with E-state index in [-0.39, 0.29) is 29.9 Å². The lowest BCUT2D eigenvalue weighted by Gasteiger charge is -2.29. The normalized spacial score (nSPS) is 20.2. The molecule has 0 spiro atoms. The average molecular weight is 528 g/mol. The summed E-state index contributed by atoms with van der Waals surface area (Å²) in [7, 11) is -3.83. The van der Waals surface area contributed by atoms with Crippen LogP contribution >= 0.6 is 27.7 Å². The Morgan fingerprint density at radius 2 is 1.90 bits per heavy atom.